The van der Waals surface area contributed by atoms with Gasteiger partial charge in [-0.05, 0) is 0 Å². The molecule has 21 heavy (non-hydrogen) atoms. The molecule has 122 valence electrons. The number of alkyl halides is 1. The van der Waals surface area contributed by atoms with E-state index in [-0.39, 0.29) is 0 Å². The molecule has 3 rings (SSSR count). The Bertz CT molecular complexity index is 431. The molecule has 2 saturated carbocycles. The Morgan fingerprint density at radius 1 is 0.952 bits per heavy atom. The molecule has 1 aromatic carbocycles. The van der Waals surface area contributed by atoms with Crippen LogP contribution in [0.3, 0.4) is 0 Å². The number of hydrogen-bond donors (Lipinski definition) is 0. The summed E-state index contributed by atoms with van der Waals surface area (Å²) in [7, 11) is 1.75. The van der Waals surface area contributed by atoms with Crippen LogP contribution in [0, 0.1) is 0 Å². The molecule has 0 aliphatic heterocycles. The summed E-state index contributed by atoms with van der Waals surface area (Å²) in [4.78, 5) is 0. The number of methoxy groups -OCH3 is 1. The number of rotatable bonds is 5. The van der Waals surface area contributed by atoms with Crippen molar-refractivity contribution in [1.82, 2.24) is 0 Å². The van der Waals surface area contributed by atoms with Gasteiger partial charge >= 0.3 is 138 Å². The van der Waals surface area contributed by atoms with Crippen LogP contribution in [0.2, 0.25) is 8.78 Å². The first-order valence-corrected chi connectivity index (χ1v) is 12.3. The number of hydrogen-bond acceptors (Lipinski definition) is 1. The van der Waals surface area contributed by atoms with E-state index in [1.807, 2.05) is 0 Å². The van der Waals surface area contributed by atoms with Gasteiger partial charge in [0.1, 0.15) is 0 Å². The van der Waals surface area contributed by atoms with Crippen LogP contribution in [0.15, 0.2) is 24.3 Å². The first kappa shape index (κ1) is 15.9. The minimum atomic E-state index is -1.75. The van der Waals surface area contributed by atoms with Crippen molar-refractivity contribution in [3.05, 3.63) is 24.3 Å². The van der Waals surface area contributed by atoms with Gasteiger partial charge < -0.3 is 0 Å². The number of halogens is 1. The Labute approximate surface area is 137 Å². The van der Waals surface area contributed by atoms with Crippen LogP contribution in [0.5, 0.6) is 5.75 Å². The summed E-state index contributed by atoms with van der Waals surface area (Å²) in [6, 6.07) is 8.98. The van der Waals surface area contributed by atoms with Crippen molar-refractivity contribution in [2.45, 2.75) is 60.1 Å². The standard InChI is InChI=1S/C7H7O.2C5H9.CH2Cl.Pd/c1-8-7-5-3-2-4-6-7;2*1-2-4-5-3-1;1-2;/h3-6H,1H3;2*1H,2-5H2;1H2;. The zero-order chi connectivity index (χ0) is 14.7. The predicted octanol–water partition coefficient (Wildman–Crippen LogP) is 5.40. The zero-order valence-corrected chi connectivity index (χ0v) is 15.2. The van der Waals surface area contributed by atoms with Crippen molar-refractivity contribution in [3.63, 3.8) is 0 Å². The van der Waals surface area contributed by atoms with Gasteiger partial charge in [-0.2, -0.15) is 0 Å². The van der Waals surface area contributed by atoms with E-state index >= 15 is 0 Å². The van der Waals surface area contributed by atoms with Crippen LogP contribution in [0.1, 0.15) is 51.4 Å². The second-order valence-corrected chi connectivity index (χ2v) is 14.1. The molecular formula is C18H27ClOPd. The molecule has 0 heterocycles. The summed E-state index contributed by atoms with van der Waals surface area (Å²) in [5.74, 6) is 0.969. The minimum absolute atomic E-state index is 0.920. The molecule has 0 aromatic heterocycles. The zero-order valence-electron chi connectivity index (χ0n) is 12.9. The fourth-order valence-electron chi connectivity index (χ4n) is 3.81. The molecule has 0 N–H and O–H groups in total. The van der Waals surface area contributed by atoms with Gasteiger partial charge in [0, 0.05) is 0 Å². The van der Waals surface area contributed by atoms with Crippen LogP contribution >= 0.6 is 11.6 Å². The van der Waals surface area contributed by atoms with E-state index in [0.717, 1.165) is 18.9 Å². The van der Waals surface area contributed by atoms with Crippen LogP contribution in [0.4, 0.5) is 0 Å². The number of benzene rings is 1. The topological polar surface area (TPSA) is 9.23 Å². The van der Waals surface area contributed by atoms with Crippen molar-refractivity contribution in [2.24, 2.45) is 0 Å². The van der Waals surface area contributed by atoms with Crippen LogP contribution < -0.4 is 8.77 Å². The van der Waals surface area contributed by atoms with Gasteiger partial charge in [-0.3, -0.25) is 0 Å². The fraction of sp³-hybridized carbons (Fsp3) is 0.667. The average molecular weight is 401 g/mol. The van der Waals surface area contributed by atoms with Gasteiger partial charge in [-0.1, -0.05) is 0 Å². The Balaban J connectivity index is 1.99. The Kier molecular flexibility index (Phi) is 5.31. The SMILES string of the molecule is COc1cc[c]([Pd]([CH2]Cl)([CH]2CCCC2)[CH]2CCCC2)cc1. The molecule has 1 aromatic rings. The Morgan fingerprint density at radius 3 is 1.81 bits per heavy atom. The van der Waals surface area contributed by atoms with Crippen molar-refractivity contribution in [2.75, 3.05) is 11.5 Å². The molecule has 0 saturated heterocycles. The maximum atomic E-state index is 6.73. The second kappa shape index (κ2) is 7.03. The van der Waals surface area contributed by atoms with E-state index in [1.54, 1.807) is 11.1 Å². The second-order valence-electron chi connectivity index (χ2n) is 6.03. The molecule has 0 amide bonds. The first-order valence-electron chi connectivity index (χ1n) is 8.08. The average Bonchev–Trinajstić information content (AvgIpc) is 3.23. The Morgan fingerprint density at radius 2 is 1.43 bits per heavy atom. The molecule has 3 heteroatoms. The molecular weight excluding hydrogens is 374 g/mol. The fourth-order valence-corrected chi connectivity index (χ4v) is 15.1. The van der Waals surface area contributed by atoms with Crippen LogP contribution in [-0.2, 0) is 15.5 Å². The maximum absolute atomic E-state index is 6.73. The van der Waals surface area contributed by atoms with Crippen molar-refractivity contribution < 1.29 is 20.3 Å². The van der Waals surface area contributed by atoms with E-state index < -0.39 is 15.5 Å². The summed E-state index contributed by atoms with van der Waals surface area (Å²) in [6.07, 6.45) is 11.4. The van der Waals surface area contributed by atoms with Crippen molar-refractivity contribution >= 4 is 15.6 Å². The molecule has 2 aliphatic rings. The molecule has 0 atom stereocenters. The Hall–Kier alpha value is -0.0277. The van der Waals surface area contributed by atoms with Gasteiger partial charge in [0.15, 0.2) is 0 Å². The molecule has 2 fully saturated rings. The quantitative estimate of drug-likeness (QED) is 0.475. The van der Waals surface area contributed by atoms with Gasteiger partial charge in [-0.25, -0.2) is 0 Å². The van der Waals surface area contributed by atoms with Gasteiger partial charge in [0.25, 0.3) is 0 Å². The van der Waals surface area contributed by atoms with E-state index in [1.165, 1.54) is 51.4 Å². The molecule has 0 unspecified atom stereocenters. The summed E-state index contributed by atoms with van der Waals surface area (Å²) in [5, 5.41) is 0. The third kappa shape index (κ3) is 2.92. The molecule has 2 aliphatic carbocycles. The van der Waals surface area contributed by atoms with Gasteiger partial charge in [0.05, 0.1) is 0 Å². The van der Waals surface area contributed by atoms with E-state index in [4.69, 9.17) is 16.3 Å². The summed E-state index contributed by atoms with van der Waals surface area (Å²) >= 11 is 4.98. The van der Waals surface area contributed by atoms with Crippen LogP contribution in [-0.4, -0.2) is 11.5 Å². The number of ether oxygens (including phenoxy) is 1. The monoisotopic (exact) mass is 400 g/mol. The van der Waals surface area contributed by atoms with Crippen molar-refractivity contribution in [1.29, 1.82) is 0 Å². The van der Waals surface area contributed by atoms with E-state index in [9.17, 15) is 0 Å². The molecule has 0 spiro atoms. The summed E-state index contributed by atoms with van der Waals surface area (Å²) in [5.41, 5.74) is 0. The first-order chi connectivity index (χ1) is 10.3. The van der Waals surface area contributed by atoms with Gasteiger partial charge in [0.2, 0.25) is 0 Å². The van der Waals surface area contributed by atoms with Crippen molar-refractivity contribution in [3.8, 4) is 5.75 Å². The summed E-state index contributed by atoms with van der Waals surface area (Å²) < 4.78 is 9.72. The predicted molar refractivity (Wildman–Crippen MR) is 87.8 cm³/mol. The third-order valence-corrected chi connectivity index (χ3v) is 15.8. The van der Waals surface area contributed by atoms with Crippen LogP contribution in [0.25, 0.3) is 0 Å². The van der Waals surface area contributed by atoms with E-state index in [2.05, 4.69) is 24.3 Å². The molecule has 1 nitrogen and oxygen atoms in total. The van der Waals surface area contributed by atoms with Gasteiger partial charge in [-0.15, -0.1) is 0 Å². The van der Waals surface area contributed by atoms with E-state index in [0.29, 0.717) is 0 Å². The molecule has 0 radical (unpaired) electrons. The third-order valence-electron chi connectivity index (χ3n) is 4.93. The molecule has 0 bridgehead atoms. The summed E-state index contributed by atoms with van der Waals surface area (Å²) in [6.45, 7) is 0. The normalized spacial score (nSPS) is 21.8.